The molecule has 2 aromatic rings. The molecule has 0 aliphatic rings. The standard InChI is InChI=1S/C19H22N2O3S/c1-14-7-9-17(10-8-14)25-13-19(23)21(2)12-18(22)20-15-5-4-6-16(11-15)24-3/h4-11H,12-13H2,1-3H3,(H,20,22). The van der Waals surface area contributed by atoms with E-state index in [9.17, 15) is 9.59 Å². The summed E-state index contributed by atoms with van der Waals surface area (Å²) < 4.78 is 5.12. The number of hydrogen-bond donors (Lipinski definition) is 1. The molecule has 0 aliphatic carbocycles. The highest BCUT2D eigenvalue weighted by molar-refractivity contribution is 8.00. The molecule has 25 heavy (non-hydrogen) atoms. The van der Waals surface area contributed by atoms with Gasteiger partial charge < -0.3 is 15.0 Å². The van der Waals surface area contributed by atoms with Gasteiger partial charge in [0.05, 0.1) is 19.4 Å². The zero-order valence-electron chi connectivity index (χ0n) is 14.6. The number of carbonyl (C=O) groups is 2. The maximum absolute atomic E-state index is 12.2. The molecule has 0 radical (unpaired) electrons. The molecule has 132 valence electrons. The minimum atomic E-state index is -0.246. The van der Waals surface area contributed by atoms with Crippen molar-refractivity contribution in [2.24, 2.45) is 0 Å². The molecule has 0 spiro atoms. The number of ether oxygens (including phenoxy) is 1. The van der Waals surface area contributed by atoms with Crippen LogP contribution in [0.2, 0.25) is 0 Å². The topological polar surface area (TPSA) is 58.6 Å². The number of anilines is 1. The molecule has 2 aromatic carbocycles. The zero-order valence-corrected chi connectivity index (χ0v) is 15.4. The van der Waals surface area contributed by atoms with Gasteiger partial charge in [0.2, 0.25) is 11.8 Å². The molecule has 0 aromatic heterocycles. The number of methoxy groups -OCH3 is 1. The van der Waals surface area contributed by atoms with Gasteiger partial charge in [-0.05, 0) is 31.2 Å². The quantitative estimate of drug-likeness (QED) is 0.772. The molecule has 0 heterocycles. The Morgan fingerprint density at radius 3 is 2.56 bits per heavy atom. The van der Waals surface area contributed by atoms with E-state index in [1.807, 2.05) is 31.2 Å². The van der Waals surface area contributed by atoms with Gasteiger partial charge in [0.1, 0.15) is 5.75 Å². The Labute approximate surface area is 152 Å². The van der Waals surface area contributed by atoms with Crippen molar-refractivity contribution in [1.82, 2.24) is 4.90 Å². The van der Waals surface area contributed by atoms with E-state index in [1.165, 1.54) is 22.2 Å². The predicted octanol–water partition coefficient (Wildman–Crippen LogP) is 3.19. The van der Waals surface area contributed by atoms with Crippen LogP contribution in [0, 0.1) is 6.92 Å². The van der Waals surface area contributed by atoms with Crippen LogP contribution in [-0.2, 0) is 9.59 Å². The Balaban J connectivity index is 1.81. The fraction of sp³-hybridized carbons (Fsp3) is 0.263. The van der Waals surface area contributed by atoms with Gasteiger partial charge in [-0.3, -0.25) is 9.59 Å². The van der Waals surface area contributed by atoms with E-state index in [4.69, 9.17) is 4.74 Å². The van der Waals surface area contributed by atoms with Crippen LogP contribution in [-0.4, -0.2) is 43.2 Å². The number of carbonyl (C=O) groups excluding carboxylic acids is 2. The van der Waals surface area contributed by atoms with E-state index in [0.29, 0.717) is 17.2 Å². The van der Waals surface area contributed by atoms with Gasteiger partial charge in [-0.15, -0.1) is 11.8 Å². The first-order chi connectivity index (χ1) is 12.0. The Morgan fingerprint density at radius 2 is 1.88 bits per heavy atom. The van der Waals surface area contributed by atoms with Gasteiger partial charge in [0.25, 0.3) is 0 Å². The monoisotopic (exact) mass is 358 g/mol. The first-order valence-electron chi connectivity index (χ1n) is 7.85. The first-order valence-corrected chi connectivity index (χ1v) is 8.84. The van der Waals surface area contributed by atoms with Gasteiger partial charge in [0.15, 0.2) is 0 Å². The molecule has 1 N–H and O–H groups in total. The number of aryl methyl sites for hydroxylation is 1. The molecular weight excluding hydrogens is 336 g/mol. The summed E-state index contributed by atoms with van der Waals surface area (Å²) in [6, 6.07) is 15.1. The predicted molar refractivity (Wildman–Crippen MR) is 101 cm³/mol. The molecule has 0 unspecified atom stereocenters. The summed E-state index contributed by atoms with van der Waals surface area (Å²) in [7, 11) is 3.20. The number of nitrogens with zero attached hydrogens (tertiary/aromatic N) is 1. The molecule has 0 saturated carbocycles. The van der Waals surface area contributed by atoms with Crippen molar-refractivity contribution >= 4 is 29.3 Å². The summed E-state index contributed by atoms with van der Waals surface area (Å²) >= 11 is 1.46. The fourth-order valence-corrected chi connectivity index (χ4v) is 2.93. The maximum atomic E-state index is 12.2. The summed E-state index contributed by atoms with van der Waals surface area (Å²) in [5.41, 5.74) is 1.82. The summed E-state index contributed by atoms with van der Waals surface area (Å²) in [5, 5.41) is 2.76. The van der Waals surface area contributed by atoms with E-state index in [1.54, 1.807) is 38.4 Å². The number of hydrogen-bond acceptors (Lipinski definition) is 4. The SMILES string of the molecule is COc1cccc(NC(=O)CN(C)C(=O)CSc2ccc(C)cc2)c1. The average molecular weight is 358 g/mol. The molecule has 0 saturated heterocycles. The number of likely N-dealkylation sites (N-methyl/N-ethyl adjacent to an activating group) is 1. The summed E-state index contributed by atoms with van der Waals surface area (Å²) in [6.45, 7) is 2.03. The van der Waals surface area contributed by atoms with Crippen LogP contribution in [0.15, 0.2) is 53.4 Å². The maximum Gasteiger partial charge on any atom is 0.243 e. The summed E-state index contributed by atoms with van der Waals surface area (Å²) in [6.07, 6.45) is 0. The second-order valence-electron chi connectivity index (χ2n) is 5.63. The smallest absolute Gasteiger partial charge is 0.243 e. The molecule has 0 bridgehead atoms. The molecule has 2 amide bonds. The van der Waals surface area contributed by atoms with Crippen LogP contribution < -0.4 is 10.1 Å². The lowest BCUT2D eigenvalue weighted by Crippen LogP contribution is -2.35. The van der Waals surface area contributed by atoms with E-state index in [2.05, 4.69) is 5.32 Å². The number of amides is 2. The number of benzene rings is 2. The third kappa shape index (κ3) is 6.15. The molecule has 2 rings (SSSR count). The molecular formula is C19H22N2O3S. The highest BCUT2D eigenvalue weighted by Crippen LogP contribution is 2.19. The lowest BCUT2D eigenvalue weighted by molar-refractivity contribution is -0.131. The van der Waals surface area contributed by atoms with Crippen molar-refractivity contribution in [1.29, 1.82) is 0 Å². The third-order valence-electron chi connectivity index (χ3n) is 3.54. The fourth-order valence-electron chi connectivity index (χ4n) is 2.09. The Kier molecular flexibility index (Phi) is 6.89. The number of nitrogens with one attached hydrogen (secondary N) is 1. The third-order valence-corrected chi connectivity index (χ3v) is 4.54. The lowest BCUT2D eigenvalue weighted by atomic mass is 10.2. The van der Waals surface area contributed by atoms with Crippen molar-refractivity contribution < 1.29 is 14.3 Å². The van der Waals surface area contributed by atoms with Gasteiger partial charge >= 0.3 is 0 Å². The largest absolute Gasteiger partial charge is 0.497 e. The highest BCUT2D eigenvalue weighted by atomic mass is 32.2. The van der Waals surface area contributed by atoms with Gasteiger partial charge in [-0.2, -0.15) is 0 Å². The van der Waals surface area contributed by atoms with Crippen LogP contribution in [0.3, 0.4) is 0 Å². The van der Waals surface area contributed by atoms with E-state index < -0.39 is 0 Å². The Hall–Kier alpha value is -2.47. The molecule has 0 atom stereocenters. The van der Waals surface area contributed by atoms with Crippen molar-refractivity contribution in [3.05, 3.63) is 54.1 Å². The van der Waals surface area contributed by atoms with Crippen molar-refractivity contribution in [3.63, 3.8) is 0 Å². The minimum Gasteiger partial charge on any atom is -0.497 e. The Bertz CT molecular complexity index is 732. The number of thioether (sulfide) groups is 1. The van der Waals surface area contributed by atoms with Crippen molar-refractivity contribution in [3.8, 4) is 5.75 Å². The van der Waals surface area contributed by atoms with E-state index >= 15 is 0 Å². The summed E-state index contributed by atoms with van der Waals surface area (Å²) in [4.78, 5) is 26.7. The second-order valence-corrected chi connectivity index (χ2v) is 6.68. The van der Waals surface area contributed by atoms with E-state index in [-0.39, 0.29) is 18.4 Å². The molecule has 0 aliphatic heterocycles. The lowest BCUT2D eigenvalue weighted by Gasteiger charge is -2.17. The summed E-state index contributed by atoms with van der Waals surface area (Å²) in [5.74, 6) is 0.624. The zero-order chi connectivity index (χ0) is 18.2. The first kappa shape index (κ1) is 18.9. The van der Waals surface area contributed by atoms with Crippen LogP contribution in [0.25, 0.3) is 0 Å². The molecule has 0 fully saturated rings. The molecule has 6 heteroatoms. The van der Waals surface area contributed by atoms with Crippen LogP contribution in [0.1, 0.15) is 5.56 Å². The number of rotatable bonds is 7. The Morgan fingerprint density at radius 1 is 1.16 bits per heavy atom. The van der Waals surface area contributed by atoms with Crippen LogP contribution >= 0.6 is 11.8 Å². The van der Waals surface area contributed by atoms with Crippen LogP contribution in [0.4, 0.5) is 5.69 Å². The second kappa shape index (κ2) is 9.13. The average Bonchev–Trinajstić information content (AvgIpc) is 2.61. The minimum absolute atomic E-state index is 0.00447. The van der Waals surface area contributed by atoms with Crippen molar-refractivity contribution in [2.75, 3.05) is 31.8 Å². The van der Waals surface area contributed by atoms with Gasteiger partial charge in [0, 0.05) is 23.7 Å². The van der Waals surface area contributed by atoms with Crippen molar-refractivity contribution in [2.45, 2.75) is 11.8 Å². The normalized spacial score (nSPS) is 10.2. The highest BCUT2D eigenvalue weighted by Gasteiger charge is 2.13. The van der Waals surface area contributed by atoms with Gasteiger partial charge in [-0.1, -0.05) is 23.8 Å². The molecule has 5 nitrogen and oxygen atoms in total. The van der Waals surface area contributed by atoms with E-state index in [0.717, 1.165) is 4.90 Å². The van der Waals surface area contributed by atoms with Gasteiger partial charge in [-0.25, -0.2) is 0 Å². The van der Waals surface area contributed by atoms with Crippen LogP contribution in [0.5, 0.6) is 5.75 Å².